The Morgan fingerprint density at radius 1 is 1.14 bits per heavy atom. The van der Waals surface area contributed by atoms with Gasteiger partial charge in [0.2, 0.25) is 5.91 Å². The summed E-state index contributed by atoms with van der Waals surface area (Å²) in [5.74, 6) is 1.43. The first-order valence-corrected chi connectivity index (χ1v) is 6.79. The molecule has 2 rings (SSSR count). The molecule has 1 heterocycles. The Bertz CT molecular complexity index is 534. The van der Waals surface area contributed by atoms with E-state index in [0.717, 1.165) is 5.75 Å². The Morgan fingerprint density at radius 3 is 2.76 bits per heavy atom. The Morgan fingerprint density at radius 2 is 2.00 bits per heavy atom. The van der Waals surface area contributed by atoms with Crippen LogP contribution in [0.5, 0.6) is 5.75 Å². The summed E-state index contributed by atoms with van der Waals surface area (Å²) in [4.78, 5) is 19.6. The number of anilines is 1. The minimum atomic E-state index is -0.0353. The summed E-state index contributed by atoms with van der Waals surface area (Å²) < 4.78 is 5.46. The van der Waals surface area contributed by atoms with Gasteiger partial charge in [-0.25, -0.2) is 4.98 Å². The molecule has 0 aliphatic rings. The third-order valence-electron chi connectivity index (χ3n) is 2.66. The van der Waals surface area contributed by atoms with Crippen molar-refractivity contribution in [1.82, 2.24) is 15.3 Å². The van der Waals surface area contributed by atoms with E-state index in [1.807, 2.05) is 30.3 Å². The average molecular weight is 286 g/mol. The van der Waals surface area contributed by atoms with Crippen LogP contribution >= 0.6 is 0 Å². The molecule has 1 amide bonds. The number of hydrogen-bond acceptors (Lipinski definition) is 5. The van der Waals surface area contributed by atoms with Gasteiger partial charge in [-0.15, -0.1) is 0 Å². The molecule has 6 nitrogen and oxygen atoms in total. The molecule has 1 aromatic heterocycles. The minimum Gasteiger partial charge on any atom is -0.493 e. The maximum absolute atomic E-state index is 11.6. The smallest absolute Gasteiger partial charge is 0.223 e. The number of nitrogens with one attached hydrogen (secondary N) is 2. The number of para-hydroxylation sites is 1. The van der Waals surface area contributed by atoms with Gasteiger partial charge < -0.3 is 15.4 Å². The van der Waals surface area contributed by atoms with Crippen molar-refractivity contribution in [2.75, 3.05) is 25.0 Å². The predicted octanol–water partition coefficient (Wildman–Crippen LogP) is 1.47. The number of nitrogens with zero attached hydrogens (tertiary/aromatic N) is 2. The molecule has 110 valence electrons. The lowest BCUT2D eigenvalue weighted by molar-refractivity contribution is -0.121. The molecular weight excluding hydrogens is 268 g/mol. The van der Waals surface area contributed by atoms with Crippen LogP contribution in [-0.4, -0.2) is 35.6 Å². The van der Waals surface area contributed by atoms with Gasteiger partial charge >= 0.3 is 0 Å². The maximum atomic E-state index is 11.6. The van der Waals surface area contributed by atoms with Crippen LogP contribution in [0.3, 0.4) is 0 Å². The second kappa shape index (κ2) is 8.52. The van der Waals surface area contributed by atoms with Gasteiger partial charge in [-0.05, 0) is 12.1 Å². The predicted molar refractivity (Wildman–Crippen MR) is 80.1 cm³/mol. The van der Waals surface area contributed by atoms with Crippen molar-refractivity contribution < 1.29 is 9.53 Å². The van der Waals surface area contributed by atoms with Crippen LogP contribution in [0.2, 0.25) is 0 Å². The van der Waals surface area contributed by atoms with Gasteiger partial charge in [-0.1, -0.05) is 18.2 Å². The first kappa shape index (κ1) is 14.8. The molecule has 0 saturated heterocycles. The van der Waals surface area contributed by atoms with E-state index in [2.05, 4.69) is 20.6 Å². The van der Waals surface area contributed by atoms with Crippen molar-refractivity contribution >= 4 is 11.7 Å². The summed E-state index contributed by atoms with van der Waals surface area (Å²) in [5.41, 5.74) is 0. The molecule has 0 radical (unpaired) electrons. The van der Waals surface area contributed by atoms with Gasteiger partial charge in [0.25, 0.3) is 0 Å². The molecule has 0 fully saturated rings. The van der Waals surface area contributed by atoms with Crippen molar-refractivity contribution in [3.8, 4) is 5.75 Å². The summed E-state index contributed by atoms with van der Waals surface area (Å²) in [7, 11) is 0. The van der Waals surface area contributed by atoms with Crippen LogP contribution < -0.4 is 15.4 Å². The van der Waals surface area contributed by atoms with Gasteiger partial charge in [-0.3, -0.25) is 9.78 Å². The number of ether oxygens (including phenoxy) is 1. The number of aromatic nitrogens is 2. The number of hydrogen-bond donors (Lipinski definition) is 2. The lowest BCUT2D eigenvalue weighted by atomic mass is 10.3. The Labute approximate surface area is 123 Å². The highest BCUT2D eigenvalue weighted by molar-refractivity contribution is 5.76. The van der Waals surface area contributed by atoms with Crippen LogP contribution in [0.4, 0.5) is 5.82 Å². The van der Waals surface area contributed by atoms with Crippen molar-refractivity contribution in [2.24, 2.45) is 0 Å². The zero-order valence-corrected chi connectivity index (χ0v) is 11.7. The Kier molecular flexibility index (Phi) is 6.00. The molecule has 2 aromatic rings. The number of amides is 1. The highest BCUT2D eigenvalue weighted by Crippen LogP contribution is 2.08. The highest BCUT2D eigenvalue weighted by atomic mass is 16.5. The standard InChI is InChI=1S/C15H18N4O2/c20-15(6-11-21-13-4-2-1-3-5-13)19-10-9-18-14-12-16-7-8-17-14/h1-5,7-8,12H,6,9-11H2,(H,17,18)(H,19,20). The first-order chi connectivity index (χ1) is 10.3. The molecule has 21 heavy (non-hydrogen) atoms. The zero-order chi connectivity index (χ0) is 14.8. The molecule has 1 aromatic carbocycles. The molecule has 0 unspecified atom stereocenters. The van der Waals surface area contributed by atoms with Crippen LogP contribution in [-0.2, 0) is 4.79 Å². The maximum Gasteiger partial charge on any atom is 0.223 e. The second-order valence-corrected chi connectivity index (χ2v) is 4.28. The third-order valence-corrected chi connectivity index (χ3v) is 2.66. The summed E-state index contributed by atoms with van der Waals surface area (Å²) in [6.07, 6.45) is 5.19. The normalized spacial score (nSPS) is 9.90. The number of benzene rings is 1. The molecule has 0 spiro atoms. The van der Waals surface area contributed by atoms with Crippen molar-refractivity contribution in [3.63, 3.8) is 0 Å². The van der Waals surface area contributed by atoms with Crippen molar-refractivity contribution in [1.29, 1.82) is 0 Å². The van der Waals surface area contributed by atoms with Gasteiger partial charge in [0, 0.05) is 25.5 Å². The van der Waals surface area contributed by atoms with Crippen molar-refractivity contribution in [3.05, 3.63) is 48.9 Å². The van der Waals surface area contributed by atoms with E-state index < -0.39 is 0 Å². The molecule has 0 atom stereocenters. The quantitative estimate of drug-likeness (QED) is 0.719. The summed E-state index contributed by atoms with van der Waals surface area (Å²) in [5, 5.41) is 5.87. The largest absolute Gasteiger partial charge is 0.493 e. The van der Waals surface area contributed by atoms with E-state index in [0.29, 0.717) is 31.9 Å². The van der Waals surface area contributed by atoms with Crippen LogP contribution in [0.25, 0.3) is 0 Å². The Hall–Kier alpha value is -2.63. The van der Waals surface area contributed by atoms with E-state index >= 15 is 0 Å². The van der Waals surface area contributed by atoms with E-state index in [9.17, 15) is 4.79 Å². The fourth-order valence-corrected chi connectivity index (χ4v) is 1.65. The molecule has 0 aliphatic carbocycles. The summed E-state index contributed by atoms with van der Waals surface area (Å²) in [6, 6.07) is 9.44. The SMILES string of the molecule is O=C(CCOc1ccccc1)NCCNc1cnccn1. The Balaban J connectivity index is 1.54. The minimum absolute atomic E-state index is 0.0353. The molecule has 0 bridgehead atoms. The van der Waals surface area contributed by atoms with Gasteiger partial charge in [-0.2, -0.15) is 0 Å². The van der Waals surface area contributed by atoms with Gasteiger partial charge in [0.05, 0.1) is 19.2 Å². The lowest BCUT2D eigenvalue weighted by Gasteiger charge is -2.08. The summed E-state index contributed by atoms with van der Waals surface area (Å²) in [6.45, 7) is 1.50. The van der Waals surface area contributed by atoms with Crippen LogP contribution in [0.1, 0.15) is 6.42 Å². The third kappa shape index (κ3) is 5.90. The van der Waals surface area contributed by atoms with Gasteiger partial charge in [0.15, 0.2) is 0 Å². The topological polar surface area (TPSA) is 76.1 Å². The summed E-state index contributed by atoms with van der Waals surface area (Å²) >= 11 is 0. The fourth-order valence-electron chi connectivity index (χ4n) is 1.65. The molecule has 2 N–H and O–H groups in total. The highest BCUT2D eigenvalue weighted by Gasteiger charge is 2.01. The van der Waals surface area contributed by atoms with Gasteiger partial charge in [0.1, 0.15) is 11.6 Å². The fraction of sp³-hybridized carbons (Fsp3) is 0.267. The van der Waals surface area contributed by atoms with Crippen LogP contribution in [0, 0.1) is 0 Å². The van der Waals surface area contributed by atoms with E-state index in [4.69, 9.17) is 4.74 Å². The first-order valence-electron chi connectivity index (χ1n) is 6.79. The van der Waals surface area contributed by atoms with E-state index in [1.54, 1.807) is 18.6 Å². The second-order valence-electron chi connectivity index (χ2n) is 4.28. The molecule has 6 heteroatoms. The zero-order valence-electron chi connectivity index (χ0n) is 11.7. The molecular formula is C15H18N4O2. The van der Waals surface area contributed by atoms with Crippen LogP contribution in [0.15, 0.2) is 48.9 Å². The number of rotatable bonds is 8. The lowest BCUT2D eigenvalue weighted by Crippen LogP contribution is -2.29. The molecule has 0 aliphatic heterocycles. The monoisotopic (exact) mass is 286 g/mol. The van der Waals surface area contributed by atoms with E-state index in [-0.39, 0.29) is 5.91 Å². The average Bonchev–Trinajstić information content (AvgIpc) is 2.54. The number of carbonyl (C=O) groups is 1. The van der Waals surface area contributed by atoms with E-state index in [1.165, 1.54) is 0 Å². The van der Waals surface area contributed by atoms with Crippen molar-refractivity contribution in [2.45, 2.75) is 6.42 Å². The molecule has 0 saturated carbocycles. The number of carbonyl (C=O) groups excluding carboxylic acids is 1.